The van der Waals surface area contributed by atoms with Gasteiger partial charge in [-0.3, -0.25) is 48.7 Å². The number of rotatable bonds is 20. The third-order valence-corrected chi connectivity index (χ3v) is 11.1. The van der Waals surface area contributed by atoms with Crippen molar-refractivity contribution in [3.05, 3.63) is 119 Å². The van der Waals surface area contributed by atoms with Crippen molar-refractivity contribution in [2.75, 3.05) is 0 Å². The minimum Gasteiger partial charge on any atom is -0.296 e. The van der Waals surface area contributed by atoms with Gasteiger partial charge in [0.05, 0.1) is 0 Å². The van der Waals surface area contributed by atoms with Crippen LogP contribution in [0.15, 0.2) is 108 Å². The predicted molar refractivity (Wildman–Crippen MR) is 321 cm³/mol. The molecule has 2 aliphatic rings. The summed E-state index contributed by atoms with van der Waals surface area (Å²) >= 11 is 0. The van der Waals surface area contributed by atoms with Crippen molar-refractivity contribution in [3.63, 3.8) is 0 Å². The molecule has 0 saturated heterocycles. The van der Waals surface area contributed by atoms with Gasteiger partial charge in [0.15, 0.2) is 11.6 Å². The Morgan fingerprint density at radius 3 is 0.576 bits per heavy atom. The van der Waals surface area contributed by atoms with E-state index in [1.165, 1.54) is 190 Å². The summed E-state index contributed by atoms with van der Waals surface area (Å²) in [5.41, 5.74) is -22.1. The predicted octanol–water partition coefficient (Wildman–Crippen LogP) is 10.9. The van der Waals surface area contributed by atoms with E-state index >= 15 is 0 Å². The Labute approximate surface area is 535 Å². The maximum absolute atomic E-state index is 14.3. The number of benzene rings is 2. The van der Waals surface area contributed by atoms with Crippen LogP contribution in [-0.4, -0.2) is 104 Å². The average molecular weight is 1300 g/mol. The summed E-state index contributed by atoms with van der Waals surface area (Å²) in [7, 11) is 0. The molecular formula is C66H88O26. The van der Waals surface area contributed by atoms with E-state index in [0.717, 1.165) is 36.5 Å². The summed E-state index contributed by atoms with van der Waals surface area (Å²) in [6.45, 7) is 36.7. The van der Waals surface area contributed by atoms with Crippen LogP contribution in [0.5, 0.6) is 0 Å². The van der Waals surface area contributed by atoms with Crippen LogP contribution < -0.4 is 0 Å². The monoisotopic (exact) mass is 1300 g/mol. The van der Waals surface area contributed by atoms with Gasteiger partial charge in [-0.15, -0.1) is 0 Å². The van der Waals surface area contributed by atoms with E-state index in [1.807, 2.05) is 0 Å². The van der Waals surface area contributed by atoms with Gasteiger partial charge in [-0.05, 0) is 178 Å². The summed E-state index contributed by atoms with van der Waals surface area (Å²) in [5.74, 6) is -14.5. The van der Waals surface area contributed by atoms with Crippen LogP contribution in [0.1, 0.15) is 187 Å². The summed E-state index contributed by atoms with van der Waals surface area (Å²) in [6.07, 6.45) is 5.20. The minimum absolute atomic E-state index is 0.149. The highest BCUT2D eigenvalue weighted by Gasteiger charge is 2.76. The fraction of sp³-hybridized carbons (Fsp3) is 0.545. The van der Waals surface area contributed by atoms with Gasteiger partial charge in [0.25, 0.3) is 0 Å². The lowest BCUT2D eigenvalue weighted by Gasteiger charge is -2.40. The second kappa shape index (κ2) is 29.4. The maximum Gasteiger partial charge on any atom is 0.365 e. The smallest absolute Gasteiger partial charge is 0.296 e. The molecule has 0 unspecified atom stereocenters. The number of allylic oxidation sites excluding steroid dienone is 4. The van der Waals surface area contributed by atoms with E-state index in [-0.39, 0.29) is 22.3 Å². The molecule has 0 radical (unpaired) electrons. The normalized spacial score (nSPS) is 16.1. The molecular weight excluding hydrogens is 1210 g/mol. The molecule has 0 N–H and O–H groups in total. The van der Waals surface area contributed by atoms with Crippen molar-refractivity contribution in [3.8, 4) is 0 Å². The van der Waals surface area contributed by atoms with Gasteiger partial charge >= 0.3 is 47.8 Å². The van der Waals surface area contributed by atoms with Crippen LogP contribution in [0, 0.1) is 21.7 Å². The summed E-state index contributed by atoms with van der Waals surface area (Å²) < 4.78 is 0. The van der Waals surface area contributed by atoms with Crippen molar-refractivity contribution in [2.45, 2.75) is 211 Å². The molecule has 0 atom stereocenters. The molecule has 0 aliphatic heterocycles. The van der Waals surface area contributed by atoms with Crippen molar-refractivity contribution in [2.24, 2.45) is 21.7 Å². The Balaban J connectivity index is 0.000000480. The van der Waals surface area contributed by atoms with Crippen molar-refractivity contribution >= 4 is 59.3 Å². The van der Waals surface area contributed by atoms with Crippen molar-refractivity contribution in [1.29, 1.82) is 0 Å². The van der Waals surface area contributed by atoms with Crippen molar-refractivity contribution in [1.82, 2.24) is 0 Å². The highest BCUT2D eigenvalue weighted by Crippen LogP contribution is 2.53. The molecule has 2 aromatic rings. The van der Waals surface area contributed by atoms with Crippen LogP contribution in [0.2, 0.25) is 0 Å². The van der Waals surface area contributed by atoms with Gasteiger partial charge in [-0.1, -0.05) is 85.0 Å². The van der Waals surface area contributed by atoms with E-state index in [1.54, 1.807) is 36.4 Å². The zero-order valence-corrected chi connectivity index (χ0v) is 56.9. The SMILES string of the molecule is CC(C)(C)OOC(=O)C1(C(=O)OOC(C)(C)C)C=CC(C(=O)c2ccccc2)=CC1(C(=O)OOC(C)(C)C)C(=O)OOC(C)(C)C.CC(C)(C)OOC(=O)C1(C(=O)OOC(C)(C)C)C=CC(C(=O)c2ccccc2)=CC1(C(=O)OOC(C)(C)C)C(=O)OOC(C)(C)C. The number of ketones is 2. The number of hydrogen-bond donors (Lipinski definition) is 0. The molecule has 0 fully saturated rings. The molecule has 26 heteroatoms. The highest BCUT2D eigenvalue weighted by molar-refractivity contribution is 6.22. The fourth-order valence-corrected chi connectivity index (χ4v) is 7.24. The third-order valence-electron chi connectivity index (χ3n) is 11.1. The number of Topliss-reactive ketones (excluding diaryl/α,β-unsaturated/α-hetero) is 2. The Hall–Kier alpha value is -7.82. The van der Waals surface area contributed by atoms with Crippen LogP contribution in [-0.2, 0) is 117 Å². The first-order valence-corrected chi connectivity index (χ1v) is 28.9. The molecule has 0 heterocycles. The van der Waals surface area contributed by atoms with Gasteiger partial charge in [0.2, 0.25) is 21.7 Å². The first-order chi connectivity index (χ1) is 41.7. The molecule has 2 aromatic carbocycles. The van der Waals surface area contributed by atoms with Crippen LogP contribution in [0.4, 0.5) is 0 Å². The molecule has 0 bridgehead atoms. The number of carbonyl (C=O) groups excluding carboxylic acids is 10. The summed E-state index contributed by atoms with van der Waals surface area (Å²) in [6, 6.07) is 15.7. The molecule has 2 aliphatic carbocycles. The molecule has 4 rings (SSSR count). The quantitative estimate of drug-likeness (QED) is 0.0514. The Morgan fingerprint density at radius 2 is 0.413 bits per heavy atom. The Kier molecular flexibility index (Phi) is 25.1. The molecule has 0 amide bonds. The van der Waals surface area contributed by atoms with Gasteiger partial charge in [-0.2, -0.15) is 39.1 Å². The number of carbonyl (C=O) groups is 10. The van der Waals surface area contributed by atoms with Gasteiger partial charge in [-0.25, -0.2) is 38.4 Å². The zero-order valence-electron chi connectivity index (χ0n) is 56.9. The first-order valence-electron chi connectivity index (χ1n) is 28.9. The zero-order chi connectivity index (χ0) is 70.7. The fourth-order valence-electron chi connectivity index (χ4n) is 7.24. The summed E-state index contributed by atoms with van der Waals surface area (Å²) in [5, 5.41) is 0. The van der Waals surface area contributed by atoms with Gasteiger partial charge < -0.3 is 0 Å². The van der Waals surface area contributed by atoms with E-state index in [2.05, 4.69) is 0 Å². The van der Waals surface area contributed by atoms with E-state index < -0.39 is 126 Å². The first kappa shape index (κ1) is 78.4. The average Bonchev–Trinajstić information content (AvgIpc) is 0.713. The largest absolute Gasteiger partial charge is 0.365 e. The number of hydrogen-bond acceptors (Lipinski definition) is 26. The Morgan fingerprint density at radius 1 is 0.250 bits per heavy atom. The second-order valence-corrected chi connectivity index (χ2v) is 29.0. The molecule has 26 nitrogen and oxygen atoms in total. The Bertz CT molecular complexity index is 2810. The van der Waals surface area contributed by atoms with Gasteiger partial charge in [0.1, 0.15) is 44.8 Å². The van der Waals surface area contributed by atoms with Crippen LogP contribution in [0.3, 0.4) is 0 Å². The molecule has 0 aromatic heterocycles. The van der Waals surface area contributed by atoms with Gasteiger partial charge in [0, 0.05) is 22.3 Å². The third kappa shape index (κ3) is 21.1. The van der Waals surface area contributed by atoms with Crippen LogP contribution in [0.25, 0.3) is 0 Å². The lowest BCUT2D eigenvalue weighted by Crippen LogP contribution is -2.62. The van der Waals surface area contributed by atoms with E-state index in [4.69, 9.17) is 78.2 Å². The summed E-state index contributed by atoms with van der Waals surface area (Å²) in [4.78, 5) is 223. The lowest BCUT2D eigenvalue weighted by atomic mass is 9.59. The topological polar surface area (TPSA) is 318 Å². The molecule has 508 valence electrons. The highest BCUT2D eigenvalue weighted by atomic mass is 17.3. The van der Waals surface area contributed by atoms with E-state index in [0.29, 0.717) is 0 Å². The maximum atomic E-state index is 14.3. The van der Waals surface area contributed by atoms with Crippen LogP contribution >= 0.6 is 0 Å². The minimum atomic E-state index is -3.23. The molecule has 0 spiro atoms. The second-order valence-electron chi connectivity index (χ2n) is 29.0. The molecule has 92 heavy (non-hydrogen) atoms. The molecule has 0 saturated carbocycles. The standard InChI is InChI=1S/2C33H44O13/c2*1-28(2,3)43-39-24(35)32(25(36)40-44-29(4,5)6)19-18-22(23(34)21-16-14-13-15-17-21)20-33(32,26(37)41-45-30(7,8)9)27(38)42-46-31(10,11)12/h2*13-20H,1-12H3. The van der Waals surface area contributed by atoms with Crippen molar-refractivity contribution < 1.29 is 126 Å². The van der Waals surface area contributed by atoms with E-state index in [9.17, 15) is 47.9 Å². The lowest BCUT2D eigenvalue weighted by molar-refractivity contribution is -0.352.